The molecule has 2 aliphatic heterocycles. The Balaban J connectivity index is 1.29. The Labute approximate surface area is 191 Å². The number of aryl methyl sites for hydroxylation is 1. The molecule has 2 heterocycles. The highest BCUT2D eigenvalue weighted by atomic mass is 35.5. The molecule has 0 unspecified atom stereocenters. The van der Waals surface area contributed by atoms with Gasteiger partial charge in [0.25, 0.3) is 0 Å². The van der Waals surface area contributed by atoms with Gasteiger partial charge in [-0.1, -0.05) is 44.5 Å². The SMILES string of the molecule is Cc1ccc(C(C)(C)C)c(OC[C@@H](O)CN2CCC3(CC2)Cc2cc(Cl)ccc2O3)c1. The Morgan fingerprint density at radius 3 is 2.61 bits per heavy atom. The Morgan fingerprint density at radius 2 is 1.90 bits per heavy atom. The number of benzene rings is 2. The van der Waals surface area contributed by atoms with E-state index in [0.717, 1.165) is 54.4 Å². The van der Waals surface area contributed by atoms with Gasteiger partial charge in [0.15, 0.2) is 0 Å². The first-order valence-corrected chi connectivity index (χ1v) is 11.6. The highest BCUT2D eigenvalue weighted by Gasteiger charge is 2.42. The summed E-state index contributed by atoms with van der Waals surface area (Å²) in [6.07, 6.45) is 2.31. The fourth-order valence-electron chi connectivity index (χ4n) is 4.73. The topological polar surface area (TPSA) is 41.9 Å². The molecule has 2 aliphatic rings. The van der Waals surface area contributed by atoms with Crippen LogP contribution in [0.5, 0.6) is 11.5 Å². The van der Waals surface area contributed by atoms with Crippen molar-refractivity contribution in [1.29, 1.82) is 0 Å². The minimum absolute atomic E-state index is 0.00173. The molecular weight excluding hydrogens is 410 g/mol. The van der Waals surface area contributed by atoms with E-state index in [9.17, 15) is 5.11 Å². The number of piperidine rings is 1. The van der Waals surface area contributed by atoms with E-state index in [1.165, 1.54) is 11.1 Å². The van der Waals surface area contributed by atoms with Gasteiger partial charge in [-0.2, -0.15) is 0 Å². The Morgan fingerprint density at radius 1 is 1.16 bits per heavy atom. The number of nitrogens with zero attached hydrogens (tertiary/aromatic N) is 1. The molecule has 0 saturated carbocycles. The molecule has 0 radical (unpaired) electrons. The molecule has 1 N–H and O–H groups in total. The molecule has 1 saturated heterocycles. The number of rotatable bonds is 5. The van der Waals surface area contributed by atoms with E-state index in [1.807, 2.05) is 18.2 Å². The van der Waals surface area contributed by atoms with Crippen LogP contribution in [-0.4, -0.2) is 48.0 Å². The van der Waals surface area contributed by atoms with Gasteiger partial charge in [0.2, 0.25) is 0 Å². The maximum atomic E-state index is 10.6. The van der Waals surface area contributed by atoms with Crippen molar-refractivity contribution in [2.24, 2.45) is 0 Å². The third-order valence-corrected chi connectivity index (χ3v) is 6.71. The molecule has 5 heteroatoms. The largest absolute Gasteiger partial charge is 0.491 e. The van der Waals surface area contributed by atoms with Gasteiger partial charge in [0, 0.05) is 43.9 Å². The maximum Gasteiger partial charge on any atom is 0.123 e. The van der Waals surface area contributed by atoms with Crippen molar-refractivity contribution in [2.45, 2.75) is 64.1 Å². The van der Waals surface area contributed by atoms with Crippen molar-refractivity contribution in [3.63, 3.8) is 0 Å². The summed E-state index contributed by atoms with van der Waals surface area (Å²) in [5.74, 6) is 1.85. The molecular formula is C26H34ClNO3. The van der Waals surface area contributed by atoms with E-state index >= 15 is 0 Å². The van der Waals surface area contributed by atoms with Crippen molar-refractivity contribution >= 4 is 11.6 Å². The standard InChI is InChI=1S/C26H34ClNO3/c1-18-5-7-22(25(2,3)4)24(13-18)30-17-21(29)16-28-11-9-26(10-12-28)15-19-14-20(27)6-8-23(19)31-26/h5-8,13-14,21,29H,9-12,15-17H2,1-4H3/t21-/m0/s1. The molecule has 0 bridgehead atoms. The second-order valence-corrected chi connectivity index (χ2v) is 10.7. The van der Waals surface area contributed by atoms with Crippen LogP contribution in [0.3, 0.4) is 0 Å². The molecule has 168 valence electrons. The number of fused-ring (bicyclic) bond motifs is 1. The minimum Gasteiger partial charge on any atom is -0.491 e. The van der Waals surface area contributed by atoms with E-state index in [4.69, 9.17) is 21.1 Å². The van der Waals surface area contributed by atoms with Crippen molar-refractivity contribution in [1.82, 2.24) is 4.90 Å². The number of aliphatic hydroxyl groups is 1. The van der Waals surface area contributed by atoms with Crippen LogP contribution < -0.4 is 9.47 Å². The summed E-state index contributed by atoms with van der Waals surface area (Å²) in [5.41, 5.74) is 3.43. The first kappa shape index (κ1) is 22.4. The Kier molecular flexibility index (Phi) is 6.26. The van der Waals surface area contributed by atoms with Crippen LogP contribution in [0.4, 0.5) is 0 Å². The van der Waals surface area contributed by atoms with E-state index in [1.54, 1.807) is 0 Å². The number of β-amino-alcohol motifs (C(OH)–C–C–N with tert-alkyl or cyclic N) is 1. The van der Waals surface area contributed by atoms with Gasteiger partial charge in [-0.05, 0) is 53.3 Å². The summed E-state index contributed by atoms with van der Waals surface area (Å²) in [6.45, 7) is 11.4. The summed E-state index contributed by atoms with van der Waals surface area (Å²) < 4.78 is 12.4. The summed E-state index contributed by atoms with van der Waals surface area (Å²) in [7, 11) is 0. The lowest BCUT2D eigenvalue weighted by Gasteiger charge is -2.39. The van der Waals surface area contributed by atoms with Gasteiger partial charge < -0.3 is 19.5 Å². The minimum atomic E-state index is -0.525. The summed E-state index contributed by atoms with van der Waals surface area (Å²) in [5, 5.41) is 11.4. The van der Waals surface area contributed by atoms with Crippen LogP contribution >= 0.6 is 11.6 Å². The van der Waals surface area contributed by atoms with Crippen molar-refractivity contribution in [3.8, 4) is 11.5 Å². The second-order valence-electron chi connectivity index (χ2n) is 10.2. The third-order valence-electron chi connectivity index (χ3n) is 6.47. The second kappa shape index (κ2) is 8.65. The predicted octanol–water partition coefficient (Wildman–Crippen LogP) is 5.16. The lowest BCUT2D eigenvalue weighted by Crippen LogP contribution is -2.49. The molecule has 0 amide bonds. The van der Waals surface area contributed by atoms with Crippen LogP contribution in [0.2, 0.25) is 5.02 Å². The van der Waals surface area contributed by atoms with Gasteiger partial charge >= 0.3 is 0 Å². The number of ether oxygens (including phenoxy) is 2. The fourth-order valence-corrected chi connectivity index (χ4v) is 4.92. The molecule has 2 aromatic rings. The number of aliphatic hydroxyl groups excluding tert-OH is 1. The Hall–Kier alpha value is -1.75. The first-order valence-electron chi connectivity index (χ1n) is 11.3. The molecule has 31 heavy (non-hydrogen) atoms. The van der Waals surface area contributed by atoms with Gasteiger partial charge in [0.05, 0.1) is 0 Å². The van der Waals surface area contributed by atoms with E-state index < -0.39 is 6.10 Å². The van der Waals surface area contributed by atoms with Crippen LogP contribution in [0.1, 0.15) is 50.3 Å². The van der Waals surface area contributed by atoms with Gasteiger partial charge in [-0.3, -0.25) is 0 Å². The predicted molar refractivity (Wildman–Crippen MR) is 126 cm³/mol. The van der Waals surface area contributed by atoms with E-state index in [2.05, 4.69) is 50.8 Å². The summed E-state index contributed by atoms with van der Waals surface area (Å²) in [4.78, 5) is 2.32. The van der Waals surface area contributed by atoms with Crippen molar-refractivity contribution in [3.05, 3.63) is 58.1 Å². The molecule has 1 atom stereocenters. The normalized spacial score (nSPS) is 19.2. The highest BCUT2D eigenvalue weighted by molar-refractivity contribution is 6.30. The zero-order valence-electron chi connectivity index (χ0n) is 19.1. The van der Waals surface area contributed by atoms with Crippen molar-refractivity contribution < 1.29 is 14.6 Å². The number of hydrogen-bond donors (Lipinski definition) is 1. The van der Waals surface area contributed by atoms with E-state index in [-0.39, 0.29) is 11.0 Å². The number of hydrogen-bond acceptors (Lipinski definition) is 4. The number of halogens is 1. The molecule has 0 aromatic heterocycles. The maximum absolute atomic E-state index is 10.6. The molecule has 1 spiro atoms. The Bertz CT molecular complexity index is 929. The molecule has 4 nitrogen and oxygen atoms in total. The van der Waals surface area contributed by atoms with Gasteiger partial charge in [-0.15, -0.1) is 0 Å². The van der Waals surface area contributed by atoms with E-state index in [0.29, 0.717) is 13.2 Å². The van der Waals surface area contributed by atoms with Crippen LogP contribution in [0.25, 0.3) is 0 Å². The number of likely N-dealkylation sites (tertiary alicyclic amines) is 1. The smallest absolute Gasteiger partial charge is 0.123 e. The quantitative estimate of drug-likeness (QED) is 0.693. The van der Waals surface area contributed by atoms with Gasteiger partial charge in [0.1, 0.15) is 29.8 Å². The monoisotopic (exact) mass is 443 g/mol. The fraction of sp³-hybridized carbons (Fsp3) is 0.538. The average Bonchev–Trinajstić information content (AvgIpc) is 3.04. The molecule has 1 fully saturated rings. The zero-order valence-corrected chi connectivity index (χ0v) is 19.8. The lowest BCUT2D eigenvalue weighted by atomic mass is 9.86. The van der Waals surface area contributed by atoms with Gasteiger partial charge in [-0.25, -0.2) is 0 Å². The third kappa shape index (κ3) is 5.19. The summed E-state index contributed by atoms with van der Waals surface area (Å²) in [6, 6.07) is 12.2. The molecule has 2 aromatic carbocycles. The van der Waals surface area contributed by atoms with Crippen LogP contribution in [0.15, 0.2) is 36.4 Å². The zero-order chi connectivity index (χ0) is 22.2. The van der Waals surface area contributed by atoms with Crippen LogP contribution in [0, 0.1) is 6.92 Å². The lowest BCUT2D eigenvalue weighted by molar-refractivity contribution is -0.00206. The summed E-state index contributed by atoms with van der Waals surface area (Å²) >= 11 is 6.14. The average molecular weight is 444 g/mol. The molecule has 4 rings (SSSR count). The van der Waals surface area contributed by atoms with Crippen LogP contribution in [-0.2, 0) is 11.8 Å². The molecule has 0 aliphatic carbocycles. The highest BCUT2D eigenvalue weighted by Crippen LogP contribution is 2.42. The first-order chi connectivity index (χ1) is 14.6. The van der Waals surface area contributed by atoms with Crippen molar-refractivity contribution in [2.75, 3.05) is 26.2 Å².